The van der Waals surface area contributed by atoms with Gasteiger partial charge in [-0.15, -0.1) is 0 Å². The molecule has 0 aliphatic rings. The van der Waals surface area contributed by atoms with Gasteiger partial charge in [0, 0.05) is 12.8 Å². The molecule has 0 aliphatic heterocycles. The van der Waals surface area contributed by atoms with Gasteiger partial charge in [0.25, 0.3) is 7.82 Å². The summed E-state index contributed by atoms with van der Waals surface area (Å²) < 4.78 is 30.4. The van der Waals surface area contributed by atoms with Gasteiger partial charge in [0.05, 0.1) is 33.8 Å². The number of allylic oxidation sites excluding steroid dienone is 9. The number of nitrogens with one attached hydrogen (secondary N) is 1. The number of hydrogen-bond donors (Lipinski definition) is 1. The van der Waals surface area contributed by atoms with E-state index in [1.807, 2.05) is 33.3 Å². The smallest absolute Gasteiger partial charge is 0.306 e. The fraction of sp³-hybridized carbons (Fsp3) is 0.833. The Kier molecular flexibility index (Phi) is 60.1. The Bertz CT molecular complexity index is 1590. The number of phosphoric acid groups is 1. The summed E-state index contributed by atoms with van der Waals surface area (Å²) in [5.74, 6) is -0.540. The topological polar surface area (TPSA) is 114 Å². The molecule has 0 saturated heterocycles. The van der Waals surface area contributed by atoms with Crippen LogP contribution in [0.3, 0.4) is 0 Å². The van der Waals surface area contributed by atoms with Crippen LogP contribution < -0.4 is 10.2 Å². The van der Waals surface area contributed by atoms with Gasteiger partial charge in [0.2, 0.25) is 5.91 Å². The fourth-order valence-electron chi connectivity index (χ4n) is 10.2. The van der Waals surface area contributed by atoms with Crippen LogP contribution in [0.4, 0.5) is 0 Å². The highest BCUT2D eigenvalue weighted by atomic mass is 31.2. The Hall–Kier alpha value is -2.29. The second kappa shape index (κ2) is 61.8. The quantitative estimate of drug-likeness (QED) is 0.0212. The Balaban J connectivity index is 5.06. The van der Waals surface area contributed by atoms with Gasteiger partial charge >= 0.3 is 5.97 Å². The summed E-state index contributed by atoms with van der Waals surface area (Å²) in [5, 5.41) is 3.04. The lowest BCUT2D eigenvalue weighted by molar-refractivity contribution is -0.870. The lowest BCUT2D eigenvalue weighted by Crippen LogP contribution is -2.47. The first-order chi connectivity index (χ1) is 39.9. The first-order valence-corrected chi connectivity index (χ1v) is 36.6. The number of unbranched alkanes of at least 4 members (excludes halogenated alkanes) is 40. The maximum Gasteiger partial charge on any atom is 0.306 e. The minimum Gasteiger partial charge on any atom is -0.756 e. The lowest BCUT2D eigenvalue weighted by atomic mass is 10.0. The molecule has 82 heavy (non-hydrogen) atoms. The molecule has 0 saturated carbocycles. The van der Waals surface area contributed by atoms with E-state index in [0.717, 1.165) is 89.9 Å². The molecular formula is C72H135N2O7P. The number of carbonyl (C=O) groups is 2. The van der Waals surface area contributed by atoms with Gasteiger partial charge in [-0.05, 0) is 96.0 Å². The summed E-state index contributed by atoms with van der Waals surface area (Å²) in [4.78, 5) is 40.1. The van der Waals surface area contributed by atoms with Crippen molar-refractivity contribution in [3.8, 4) is 0 Å². The molecule has 480 valence electrons. The Morgan fingerprint density at radius 3 is 1.15 bits per heavy atom. The average molecular weight is 1170 g/mol. The molecule has 0 radical (unpaired) electrons. The van der Waals surface area contributed by atoms with Gasteiger partial charge < -0.3 is 28.5 Å². The molecule has 0 aromatic heterocycles. The van der Waals surface area contributed by atoms with E-state index in [2.05, 4.69) is 74.7 Å². The SMILES string of the molecule is CCCCC/C=C\C/C=C\C/C=C\CCCCCCCCCCCCCCCCC(=O)OC(/C=C\CCCCCCCCCCCCC)C(COP(=O)([O-])OCC[N+](C)(C)C)NC(=O)CCCCCCC/C=C/CCCCCCCCC. The molecule has 0 aromatic carbocycles. The molecule has 0 aliphatic carbocycles. The first kappa shape index (κ1) is 79.7. The molecule has 0 aromatic rings. The zero-order chi connectivity index (χ0) is 60.0. The van der Waals surface area contributed by atoms with Gasteiger partial charge in [0.15, 0.2) is 0 Å². The number of nitrogens with zero attached hydrogens (tertiary/aromatic N) is 1. The van der Waals surface area contributed by atoms with Crippen LogP contribution in [0.2, 0.25) is 0 Å². The molecule has 0 rings (SSSR count). The summed E-state index contributed by atoms with van der Waals surface area (Å²) >= 11 is 0. The first-order valence-electron chi connectivity index (χ1n) is 35.1. The summed E-state index contributed by atoms with van der Waals surface area (Å²) in [7, 11) is 1.19. The van der Waals surface area contributed by atoms with Gasteiger partial charge in [-0.1, -0.05) is 287 Å². The largest absolute Gasteiger partial charge is 0.756 e. The third-order valence-corrected chi connectivity index (χ3v) is 16.6. The predicted octanol–water partition coefficient (Wildman–Crippen LogP) is 21.5. The van der Waals surface area contributed by atoms with Crippen molar-refractivity contribution < 1.29 is 37.3 Å². The molecule has 1 amide bonds. The number of ether oxygens (including phenoxy) is 1. The third kappa shape index (κ3) is 62.2. The van der Waals surface area contributed by atoms with E-state index in [-0.39, 0.29) is 24.9 Å². The number of esters is 1. The molecule has 3 unspecified atom stereocenters. The maximum absolute atomic E-state index is 13.6. The molecule has 3 atom stereocenters. The van der Waals surface area contributed by atoms with E-state index >= 15 is 0 Å². The number of amides is 1. The molecule has 1 N–H and O–H groups in total. The van der Waals surface area contributed by atoms with E-state index in [4.69, 9.17) is 13.8 Å². The fourth-order valence-corrected chi connectivity index (χ4v) is 11.0. The van der Waals surface area contributed by atoms with E-state index in [9.17, 15) is 19.0 Å². The van der Waals surface area contributed by atoms with Crippen molar-refractivity contribution in [2.75, 3.05) is 40.9 Å². The second-order valence-electron chi connectivity index (χ2n) is 25.0. The van der Waals surface area contributed by atoms with Crippen LogP contribution in [-0.4, -0.2) is 69.4 Å². The molecular weight excluding hydrogens is 1040 g/mol. The zero-order valence-corrected chi connectivity index (χ0v) is 55.8. The standard InChI is InChI=1S/C72H135N2O7P/c1-7-10-13-16-19-22-25-28-30-32-33-34-35-36-37-38-39-40-41-42-44-47-50-53-56-59-62-65-72(76)81-70(63-60-57-54-51-48-45-27-24-21-18-15-12-9-3)69(68-80-82(77,78)79-67-66-74(4,5)6)73-71(75)64-61-58-55-52-49-46-43-31-29-26-23-20-17-14-11-8-2/h19,22,28,30-31,33-34,43,60,63,69-70H,7-18,20-21,23-27,29,32,35-42,44-59,61-62,64-68H2,1-6H3,(H-,73,75,77,78)/b22-19-,30-28-,34-33-,43-31+,63-60-. The van der Waals surface area contributed by atoms with Crippen molar-refractivity contribution in [2.45, 2.75) is 348 Å². The lowest BCUT2D eigenvalue weighted by Gasteiger charge is -2.30. The van der Waals surface area contributed by atoms with Crippen LogP contribution in [-0.2, 0) is 27.9 Å². The van der Waals surface area contributed by atoms with Crippen molar-refractivity contribution in [3.05, 3.63) is 60.8 Å². The number of likely N-dealkylation sites (N-methyl/N-ethyl adjacent to an activating group) is 1. The number of carbonyl (C=O) groups excluding carboxylic acids is 2. The van der Waals surface area contributed by atoms with Crippen LogP contribution in [0.25, 0.3) is 0 Å². The molecule has 10 heteroatoms. The number of phosphoric ester groups is 1. The molecule has 0 spiro atoms. The molecule has 0 fully saturated rings. The highest BCUT2D eigenvalue weighted by Gasteiger charge is 2.27. The van der Waals surface area contributed by atoms with Crippen LogP contribution in [0.5, 0.6) is 0 Å². The number of rotatable bonds is 64. The highest BCUT2D eigenvalue weighted by Crippen LogP contribution is 2.38. The van der Waals surface area contributed by atoms with Crippen LogP contribution in [0.1, 0.15) is 335 Å². The Morgan fingerprint density at radius 2 is 0.744 bits per heavy atom. The van der Waals surface area contributed by atoms with Crippen molar-refractivity contribution in [2.24, 2.45) is 0 Å². The monoisotopic (exact) mass is 1170 g/mol. The number of quaternary nitrogens is 1. The van der Waals surface area contributed by atoms with E-state index in [1.54, 1.807) is 0 Å². The summed E-state index contributed by atoms with van der Waals surface area (Å²) in [5.41, 5.74) is 0. The van der Waals surface area contributed by atoms with Gasteiger partial charge in [-0.25, -0.2) is 0 Å². The zero-order valence-electron chi connectivity index (χ0n) is 54.9. The average Bonchev–Trinajstić information content (AvgIpc) is 3.45. The van der Waals surface area contributed by atoms with E-state index < -0.39 is 26.6 Å². The minimum atomic E-state index is -4.70. The Morgan fingerprint density at radius 1 is 0.427 bits per heavy atom. The molecule has 0 heterocycles. The predicted molar refractivity (Wildman–Crippen MR) is 353 cm³/mol. The van der Waals surface area contributed by atoms with Crippen LogP contribution in [0, 0.1) is 0 Å². The summed E-state index contributed by atoms with van der Waals surface area (Å²) in [6, 6.07) is -0.893. The highest BCUT2D eigenvalue weighted by molar-refractivity contribution is 7.45. The van der Waals surface area contributed by atoms with Crippen molar-refractivity contribution in [1.82, 2.24) is 5.32 Å². The van der Waals surface area contributed by atoms with Gasteiger partial charge in [-0.2, -0.15) is 0 Å². The summed E-state index contributed by atoms with van der Waals surface area (Å²) in [6.45, 7) is 6.85. The van der Waals surface area contributed by atoms with Crippen molar-refractivity contribution in [3.63, 3.8) is 0 Å². The second-order valence-corrected chi connectivity index (χ2v) is 26.4. The van der Waals surface area contributed by atoms with Gasteiger partial charge in [0.1, 0.15) is 19.3 Å². The van der Waals surface area contributed by atoms with Crippen LogP contribution in [0.15, 0.2) is 60.8 Å². The van der Waals surface area contributed by atoms with E-state index in [0.29, 0.717) is 17.4 Å². The molecule has 9 nitrogen and oxygen atoms in total. The van der Waals surface area contributed by atoms with Crippen molar-refractivity contribution in [1.29, 1.82) is 0 Å². The summed E-state index contributed by atoms with van der Waals surface area (Å²) in [6.07, 6.45) is 79.1. The normalized spacial score (nSPS) is 13.9. The van der Waals surface area contributed by atoms with Crippen molar-refractivity contribution >= 4 is 19.7 Å². The van der Waals surface area contributed by atoms with E-state index in [1.165, 1.54) is 212 Å². The number of hydrogen-bond acceptors (Lipinski definition) is 7. The Labute approximate surface area is 509 Å². The minimum absolute atomic E-state index is 0.0236. The van der Waals surface area contributed by atoms with Gasteiger partial charge in [-0.3, -0.25) is 14.2 Å². The maximum atomic E-state index is 13.6. The third-order valence-electron chi connectivity index (χ3n) is 15.7. The molecule has 0 bridgehead atoms. The van der Waals surface area contributed by atoms with Crippen LogP contribution >= 0.6 is 7.82 Å².